The van der Waals surface area contributed by atoms with Gasteiger partial charge in [0.15, 0.2) is 6.61 Å². The molecule has 2 heterocycles. The number of rotatable bonds is 6. The summed E-state index contributed by atoms with van der Waals surface area (Å²) >= 11 is 1.37. The van der Waals surface area contributed by atoms with Crippen LogP contribution in [0.5, 0.6) is 0 Å². The molecule has 1 saturated carbocycles. The molecule has 8 heteroatoms. The Morgan fingerprint density at radius 2 is 1.86 bits per heavy atom. The highest BCUT2D eigenvalue weighted by Crippen LogP contribution is 2.45. The van der Waals surface area contributed by atoms with Gasteiger partial charge in [0.2, 0.25) is 0 Å². The molecule has 2 aliphatic rings. The van der Waals surface area contributed by atoms with Crippen LogP contribution in [0, 0.1) is 11.8 Å². The lowest BCUT2D eigenvalue weighted by molar-refractivity contribution is -0.148. The number of carbonyl (C=O) groups is 3. The maximum Gasteiger partial charge on any atom is 0.341 e. The molecule has 1 amide bonds. The van der Waals surface area contributed by atoms with E-state index in [0.29, 0.717) is 22.9 Å². The Labute approximate surface area is 175 Å². The summed E-state index contributed by atoms with van der Waals surface area (Å²) in [6, 6.07) is 0. The number of amides is 1. The van der Waals surface area contributed by atoms with Crippen LogP contribution in [0.3, 0.4) is 0 Å². The molecule has 0 spiro atoms. The van der Waals surface area contributed by atoms with Gasteiger partial charge in [0, 0.05) is 16.0 Å². The summed E-state index contributed by atoms with van der Waals surface area (Å²) in [4.78, 5) is 38.0. The van der Waals surface area contributed by atoms with E-state index in [4.69, 9.17) is 9.47 Å². The lowest BCUT2D eigenvalue weighted by atomic mass is 9.81. The van der Waals surface area contributed by atoms with Crippen molar-refractivity contribution in [3.05, 3.63) is 16.0 Å². The predicted octanol–water partition coefficient (Wildman–Crippen LogP) is 3.22. The molecule has 2 N–H and O–H groups in total. The number of anilines is 1. The summed E-state index contributed by atoms with van der Waals surface area (Å²) in [5.41, 5.74) is 0.739. The number of nitrogens with one attached hydrogen (secondary N) is 2. The molecule has 29 heavy (non-hydrogen) atoms. The second-order valence-corrected chi connectivity index (χ2v) is 10.1. The number of fused-ring (bicyclic) bond motifs is 1. The topological polar surface area (TPSA) is 93.7 Å². The van der Waals surface area contributed by atoms with E-state index in [1.807, 2.05) is 6.92 Å². The lowest BCUT2D eigenvalue weighted by Crippen LogP contribution is -2.55. The molecule has 1 aliphatic heterocycles. The first kappa shape index (κ1) is 21.8. The second-order valence-electron chi connectivity index (χ2n) is 9.12. The van der Waals surface area contributed by atoms with Gasteiger partial charge in [-0.1, -0.05) is 6.92 Å². The van der Waals surface area contributed by atoms with Crippen LogP contribution in [0.25, 0.3) is 0 Å². The van der Waals surface area contributed by atoms with Gasteiger partial charge < -0.3 is 20.1 Å². The zero-order chi connectivity index (χ0) is 21.6. The second kappa shape index (κ2) is 7.72. The number of thiophene rings is 1. The van der Waals surface area contributed by atoms with Crippen LogP contribution in [0.1, 0.15) is 68.8 Å². The fraction of sp³-hybridized carbons (Fsp3) is 0.667. The zero-order valence-corrected chi connectivity index (χ0v) is 18.7. The summed E-state index contributed by atoms with van der Waals surface area (Å²) in [6.07, 6.45) is 1.45. The Bertz CT molecular complexity index is 842. The number of esters is 2. The van der Waals surface area contributed by atoms with Crippen molar-refractivity contribution in [3.63, 3.8) is 0 Å². The van der Waals surface area contributed by atoms with Gasteiger partial charge in [-0.15, -0.1) is 11.3 Å². The first-order valence-electron chi connectivity index (χ1n) is 10.0. The molecule has 0 unspecified atom stereocenters. The smallest absolute Gasteiger partial charge is 0.341 e. The van der Waals surface area contributed by atoms with Gasteiger partial charge in [0.05, 0.1) is 18.1 Å². The van der Waals surface area contributed by atoms with E-state index in [-0.39, 0.29) is 36.2 Å². The van der Waals surface area contributed by atoms with Crippen LogP contribution in [0.4, 0.5) is 5.00 Å². The Hall–Kier alpha value is -1.93. The summed E-state index contributed by atoms with van der Waals surface area (Å²) in [7, 11) is 0. The third kappa shape index (κ3) is 4.64. The van der Waals surface area contributed by atoms with Gasteiger partial charge in [0.25, 0.3) is 5.91 Å². The molecule has 1 aromatic rings. The van der Waals surface area contributed by atoms with Crippen molar-refractivity contribution in [3.8, 4) is 0 Å². The average Bonchev–Trinajstić information content (AvgIpc) is 3.20. The Morgan fingerprint density at radius 1 is 1.21 bits per heavy atom. The predicted molar refractivity (Wildman–Crippen MR) is 111 cm³/mol. The molecule has 3 rings (SSSR count). The number of hydrogen-bond acceptors (Lipinski definition) is 7. The van der Waals surface area contributed by atoms with Crippen molar-refractivity contribution < 1.29 is 23.9 Å². The van der Waals surface area contributed by atoms with E-state index in [9.17, 15) is 14.4 Å². The van der Waals surface area contributed by atoms with E-state index in [1.165, 1.54) is 11.3 Å². The first-order chi connectivity index (χ1) is 13.4. The molecule has 7 nitrogen and oxygen atoms in total. The van der Waals surface area contributed by atoms with Gasteiger partial charge >= 0.3 is 11.9 Å². The minimum atomic E-state index is -0.458. The Morgan fingerprint density at radius 3 is 2.45 bits per heavy atom. The van der Waals surface area contributed by atoms with Crippen LogP contribution >= 0.6 is 11.3 Å². The summed E-state index contributed by atoms with van der Waals surface area (Å²) < 4.78 is 10.4. The highest BCUT2D eigenvalue weighted by atomic mass is 32.1. The summed E-state index contributed by atoms with van der Waals surface area (Å²) in [5, 5.41) is 6.81. The number of ether oxygens (including phenoxy) is 2. The highest BCUT2D eigenvalue weighted by molar-refractivity contribution is 7.17. The average molecular weight is 423 g/mol. The van der Waals surface area contributed by atoms with Crippen molar-refractivity contribution in [2.45, 2.75) is 65.5 Å². The maximum atomic E-state index is 12.7. The third-order valence-corrected chi connectivity index (χ3v) is 6.81. The fourth-order valence-corrected chi connectivity index (χ4v) is 5.37. The van der Waals surface area contributed by atoms with Crippen molar-refractivity contribution in [2.24, 2.45) is 11.8 Å². The van der Waals surface area contributed by atoms with Gasteiger partial charge in [0.1, 0.15) is 5.00 Å². The van der Waals surface area contributed by atoms with Crippen LogP contribution in [-0.4, -0.2) is 36.6 Å². The Balaban J connectivity index is 1.84. The first-order valence-corrected chi connectivity index (χ1v) is 10.9. The SMILES string of the molecule is CCOC(=O)c1c(NC(=O)COC(=O)[C@H]2C[C@H]2C)sc2c1CC(C)(C)NC2(C)C. The summed E-state index contributed by atoms with van der Waals surface area (Å²) in [6.45, 7) is 11.9. The van der Waals surface area contributed by atoms with Crippen molar-refractivity contribution in [1.29, 1.82) is 0 Å². The molecule has 0 bridgehead atoms. The fourth-order valence-electron chi connectivity index (χ4n) is 4.09. The van der Waals surface area contributed by atoms with Crippen molar-refractivity contribution in [2.75, 3.05) is 18.5 Å². The number of carbonyl (C=O) groups excluding carboxylic acids is 3. The lowest BCUT2D eigenvalue weighted by Gasteiger charge is -2.42. The van der Waals surface area contributed by atoms with Gasteiger partial charge in [-0.25, -0.2) is 4.79 Å². The van der Waals surface area contributed by atoms with Crippen molar-refractivity contribution >= 4 is 34.2 Å². The monoisotopic (exact) mass is 422 g/mol. The zero-order valence-electron chi connectivity index (χ0n) is 17.9. The summed E-state index contributed by atoms with van der Waals surface area (Å²) in [5.74, 6) is -1.02. The van der Waals surface area contributed by atoms with E-state index in [1.54, 1.807) is 6.92 Å². The van der Waals surface area contributed by atoms with Gasteiger partial charge in [-0.2, -0.15) is 0 Å². The molecular weight excluding hydrogens is 392 g/mol. The van der Waals surface area contributed by atoms with E-state index >= 15 is 0 Å². The minimum Gasteiger partial charge on any atom is -0.462 e. The van der Waals surface area contributed by atoms with E-state index < -0.39 is 11.9 Å². The molecule has 0 aromatic carbocycles. The minimum absolute atomic E-state index is 0.0963. The molecule has 1 aliphatic carbocycles. The molecule has 160 valence electrons. The highest BCUT2D eigenvalue weighted by Gasteiger charge is 2.43. The molecule has 0 saturated heterocycles. The van der Waals surface area contributed by atoms with Crippen LogP contribution < -0.4 is 10.6 Å². The normalized spacial score (nSPS) is 23.7. The van der Waals surface area contributed by atoms with E-state index in [0.717, 1.165) is 16.9 Å². The van der Waals surface area contributed by atoms with Crippen molar-refractivity contribution in [1.82, 2.24) is 5.32 Å². The largest absolute Gasteiger partial charge is 0.462 e. The molecule has 2 atom stereocenters. The van der Waals surface area contributed by atoms with Gasteiger partial charge in [-0.05, 0) is 58.9 Å². The van der Waals surface area contributed by atoms with Gasteiger partial charge in [-0.3, -0.25) is 9.59 Å². The maximum absolute atomic E-state index is 12.7. The molecule has 0 radical (unpaired) electrons. The third-order valence-electron chi connectivity index (χ3n) is 5.33. The van der Waals surface area contributed by atoms with Crippen LogP contribution in [0.15, 0.2) is 0 Å². The molecule has 1 aromatic heterocycles. The van der Waals surface area contributed by atoms with E-state index in [2.05, 4.69) is 38.3 Å². The van der Waals surface area contributed by atoms with Crippen LogP contribution in [-0.2, 0) is 31.0 Å². The number of hydrogen-bond donors (Lipinski definition) is 2. The Kier molecular flexibility index (Phi) is 5.80. The standard InChI is InChI=1S/C21H30N2O5S/c1-7-27-19(26)15-13-9-20(3,4)23-21(5,6)16(13)29-17(15)22-14(24)10-28-18(25)12-8-11(12)2/h11-12,23H,7-10H2,1-6H3,(H,22,24)/t11-,12+/m1/s1. The molecule has 1 fully saturated rings. The quantitative estimate of drug-likeness (QED) is 0.684. The van der Waals surface area contributed by atoms with Crippen LogP contribution in [0.2, 0.25) is 0 Å². The molecular formula is C21H30N2O5S.